The Bertz CT molecular complexity index is 196. The molecule has 0 aromatic rings. The lowest BCUT2D eigenvalue weighted by atomic mass is 9.80. The molecule has 0 aromatic heterocycles. The minimum Gasteiger partial charge on any atom is -0.481 e. The fourth-order valence-electron chi connectivity index (χ4n) is 1.99. The monoisotopic (exact) mass is 202 g/mol. The largest absolute Gasteiger partial charge is 0.481 e. The summed E-state index contributed by atoms with van der Waals surface area (Å²) in [4.78, 5) is 11.0. The highest BCUT2D eigenvalue weighted by atomic mass is 16.5. The number of ether oxygens (including phenoxy) is 1. The van der Waals surface area contributed by atoms with Crippen LogP contribution in [0.3, 0.4) is 0 Å². The van der Waals surface area contributed by atoms with Crippen molar-refractivity contribution in [2.24, 2.45) is 5.92 Å². The highest BCUT2D eigenvalue weighted by Gasteiger charge is 2.42. The van der Waals surface area contributed by atoms with Gasteiger partial charge in [0.05, 0.1) is 12.5 Å². The quantitative estimate of drug-likeness (QED) is 0.714. The highest BCUT2D eigenvalue weighted by Crippen LogP contribution is 2.30. The van der Waals surface area contributed by atoms with Crippen molar-refractivity contribution >= 4 is 5.97 Å². The Labute approximate surface area is 83.9 Å². The van der Waals surface area contributed by atoms with E-state index in [0.29, 0.717) is 19.4 Å². The first-order valence-electron chi connectivity index (χ1n) is 5.13. The first-order chi connectivity index (χ1) is 6.60. The Morgan fingerprint density at radius 3 is 2.79 bits per heavy atom. The van der Waals surface area contributed by atoms with Gasteiger partial charge in [-0.3, -0.25) is 4.79 Å². The van der Waals surface area contributed by atoms with E-state index < -0.39 is 17.5 Å². The molecule has 82 valence electrons. The number of carboxylic acids is 1. The van der Waals surface area contributed by atoms with Gasteiger partial charge in [0.2, 0.25) is 0 Å². The maximum atomic E-state index is 11.0. The van der Waals surface area contributed by atoms with Crippen LogP contribution in [0.25, 0.3) is 0 Å². The van der Waals surface area contributed by atoms with Crippen molar-refractivity contribution in [3.05, 3.63) is 0 Å². The molecule has 0 radical (unpaired) electrons. The molecular weight excluding hydrogens is 184 g/mol. The van der Waals surface area contributed by atoms with Gasteiger partial charge in [0, 0.05) is 6.61 Å². The maximum absolute atomic E-state index is 11.0. The highest BCUT2D eigenvalue weighted by molar-refractivity contribution is 5.71. The fourth-order valence-corrected chi connectivity index (χ4v) is 1.99. The van der Waals surface area contributed by atoms with Crippen LogP contribution in [-0.2, 0) is 9.53 Å². The zero-order chi connectivity index (χ0) is 10.6. The van der Waals surface area contributed by atoms with Gasteiger partial charge in [-0.05, 0) is 19.3 Å². The predicted octanol–water partition coefficient (Wildman–Crippen LogP) is 1.03. The molecule has 4 nitrogen and oxygen atoms in total. The van der Waals surface area contributed by atoms with Crippen LogP contribution in [0.15, 0.2) is 0 Å². The second-order valence-electron chi connectivity index (χ2n) is 3.94. The minimum atomic E-state index is -1.15. The van der Waals surface area contributed by atoms with Crippen molar-refractivity contribution in [1.82, 2.24) is 0 Å². The normalized spacial score (nSPS) is 29.9. The first-order valence-corrected chi connectivity index (χ1v) is 5.13. The van der Waals surface area contributed by atoms with E-state index in [1.165, 1.54) is 0 Å². The number of aliphatic hydroxyl groups is 1. The van der Waals surface area contributed by atoms with Crippen LogP contribution in [-0.4, -0.2) is 35.0 Å². The van der Waals surface area contributed by atoms with Gasteiger partial charge in [0.25, 0.3) is 0 Å². The van der Waals surface area contributed by atoms with Crippen molar-refractivity contribution in [3.63, 3.8) is 0 Å². The molecule has 0 bridgehead atoms. The molecule has 0 amide bonds. The van der Waals surface area contributed by atoms with Gasteiger partial charge in [-0.2, -0.15) is 0 Å². The Hall–Kier alpha value is -0.610. The fraction of sp³-hybridized carbons (Fsp3) is 0.900. The maximum Gasteiger partial charge on any atom is 0.309 e. The summed E-state index contributed by atoms with van der Waals surface area (Å²) in [6.45, 7) is 2.70. The number of hydrogen-bond donors (Lipinski definition) is 2. The Kier molecular flexibility index (Phi) is 3.89. The van der Waals surface area contributed by atoms with E-state index in [1.54, 1.807) is 0 Å². The zero-order valence-corrected chi connectivity index (χ0v) is 8.53. The van der Waals surface area contributed by atoms with Gasteiger partial charge in [-0.15, -0.1) is 0 Å². The Morgan fingerprint density at radius 2 is 2.36 bits per heavy atom. The van der Waals surface area contributed by atoms with E-state index in [2.05, 4.69) is 0 Å². The summed E-state index contributed by atoms with van der Waals surface area (Å²) in [5.41, 5.74) is -1.15. The molecule has 1 fully saturated rings. The third-order valence-corrected chi connectivity index (χ3v) is 2.77. The first kappa shape index (κ1) is 11.5. The number of aliphatic carboxylic acids is 1. The van der Waals surface area contributed by atoms with Gasteiger partial charge >= 0.3 is 5.97 Å². The second kappa shape index (κ2) is 4.75. The average molecular weight is 202 g/mol. The van der Waals surface area contributed by atoms with Crippen molar-refractivity contribution < 1.29 is 19.7 Å². The predicted molar refractivity (Wildman–Crippen MR) is 51.0 cm³/mol. The van der Waals surface area contributed by atoms with Crippen molar-refractivity contribution in [1.29, 1.82) is 0 Å². The number of hydrogen-bond acceptors (Lipinski definition) is 3. The molecule has 14 heavy (non-hydrogen) atoms. The molecule has 0 aromatic carbocycles. The van der Waals surface area contributed by atoms with Crippen molar-refractivity contribution in [3.8, 4) is 0 Å². The standard InChI is InChI=1S/C10H18O4/c1-2-4-8(9(11)12)10(13)5-3-6-14-7-10/h8,13H,2-7H2,1H3,(H,11,12). The van der Waals surface area contributed by atoms with Crippen LogP contribution in [0.4, 0.5) is 0 Å². The summed E-state index contributed by atoms with van der Waals surface area (Å²) < 4.78 is 5.15. The summed E-state index contributed by atoms with van der Waals surface area (Å²) in [5, 5.41) is 19.1. The Morgan fingerprint density at radius 1 is 1.64 bits per heavy atom. The SMILES string of the molecule is CCCC(C(=O)O)C1(O)CCCOC1. The summed E-state index contributed by atoms with van der Waals surface area (Å²) >= 11 is 0. The van der Waals surface area contributed by atoms with E-state index in [0.717, 1.165) is 12.8 Å². The van der Waals surface area contributed by atoms with E-state index in [1.807, 2.05) is 6.92 Å². The molecule has 0 saturated carbocycles. The molecule has 1 saturated heterocycles. The molecule has 2 atom stereocenters. The molecular formula is C10H18O4. The minimum absolute atomic E-state index is 0.157. The van der Waals surface area contributed by atoms with Crippen LogP contribution >= 0.6 is 0 Å². The lowest BCUT2D eigenvalue weighted by Gasteiger charge is -2.36. The van der Waals surface area contributed by atoms with Gasteiger partial charge in [0.1, 0.15) is 5.60 Å². The number of carbonyl (C=O) groups is 1. The smallest absolute Gasteiger partial charge is 0.309 e. The van der Waals surface area contributed by atoms with Crippen LogP contribution in [0.2, 0.25) is 0 Å². The third kappa shape index (κ3) is 2.45. The van der Waals surface area contributed by atoms with Gasteiger partial charge in [0.15, 0.2) is 0 Å². The molecule has 2 N–H and O–H groups in total. The summed E-state index contributed by atoms with van der Waals surface area (Å²) in [6.07, 6.45) is 2.54. The molecule has 0 spiro atoms. The summed E-state index contributed by atoms with van der Waals surface area (Å²) in [5.74, 6) is -1.60. The molecule has 1 aliphatic rings. The molecule has 0 aliphatic carbocycles. The van der Waals surface area contributed by atoms with Gasteiger partial charge < -0.3 is 14.9 Å². The molecule has 4 heteroatoms. The second-order valence-corrected chi connectivity index (χ2v) is 3.94. The Balaban J connectivity index is 2.68. The van der Waals surface area contributed by atoms with Crippen molar-refractivity contribution in [2.75, 3.05) is 13.2 Å². The summed E-state index contributed by atoms with van der Waals surface area (Å²) in [6, 6.07) is 0. The zero-order valence-electron chi connectivity index (χ0n) is 8.53. The van der Waals surface area contributed by atoms with E-state index >= 15 is 0 Å². The van der Waals surface area contributed by atoms with Gasteiger partial charge in [-0.1, -0.05) is 13.3 Å². The third-order valence-electron chi connectivity index (χ3n) is 2.77. The van der Waals surface area contributed by atoms with E-state index in [9.17, 15) is 9.90 Å². The van der Waals surface area contributed by atoms with Crippen LogP contribution in [0.5, 0.6) is 0 Å². The lowest BCUT2D eigenvalue weighted by Crippen LogP contribution is -2.48. The topological polar surface area (TPSA) is 66.8 Å². The molecule has 1 rings (SSSR count). The molecule has 1 heterocycles. The van der Waals surface area contributed by atoms with Crippen LogP contribution < -0.4 is 0 Å². The van der Waals surface area contributed by atoms with Crippen molar-refractivity contribution in [2.45, 2.75) is 38.2 Å². The molecule has 1 aliphatic heterocycles. The lowest BCUT2D eigenvalue weighted by molar-refractivity contribution is -0.166. The summed E-state index contributed by atoms with van der Waals surface area (Å²) in [7, 11) is 0. The number of carboxylic acid groups (broad SMARTS) is 1. The van der Waals surface area contributed by atoms with Crippen LogP contribution in [0.1, 0.15) is 32.6 Å². The van der Waals surface area contributed by atoms with Crippen LogP contribution in [0, 0.1) is 5.92 Å². The van der Waals surface area contributed by atoms with Gasteiger partial charge in [-0.25, -0.2) is 0 Å². The number of rotatable bonds is 4. The van der Waals surface area contributed by atoms with E-state index in [-0.39, 0.29) is 6.61 Å². The average Bonchev–Trinajstić information content (AvgIpc) is 2.14. The molecule has 2 unspecified atom stereocenters. The van der Waals surface area contributed by atoms with E-state index in [4.69, 9.17) is 9.84 Å².